The van der Waals surface area contributed by atoms with Crippen molar-refractivity contribution in [2.45, 2.75) is 12.8 Å². The predicted octanol–water partition coefficient (Wildman–Crippen LogP) is 0.976. The summed E-state index contributed by atoms with van der Waals surface area (Å²) in [6, 6.07) is 6.39. The summed E-state index contributed by atoms with van der Waals surface area (Å²) in [7, 11) is 0. The van der Waals surface area contributed by atoms with Gasteiger partial charge in [-0.05, 0) is 30.7 Å². The lowest BCUT2D eigenvalue weighted by Crippen LogP contribution is -2.30. The van der Waals surface area contributed by atoms with E-state index in [0.29, 0.717) is 25.3 Å². The van der Waals surface area contributed by atoms with Crippen molar-refractivity contribution < 1.29 is 19.4 Å². The molecule has 0 aromatic heterocycles. The van der Waals surface area contributed by atoms with E-state index in [1.807, 2.05) is 0 Å². The first-order chi connectivity index (χ1) is 10.1. The van der Waals surface area contributed by atoms with Crippen LogP contribution in [0, 0.1) is 0 Å². The van der Waals surface area contributed by atoms with Gasteiger partial charge in [-0.2, -0.15) is 0 Å². The fourth-order valence-electron chi connectivity index (χ4n) is 2.21. The Hall–Kier alpha value is -2.08. The van der Waals surface area contributed by atoms with Crippen LogP contribution in [0.5, 0.6) is 5.75 Å². The molecule has 1 amide bonds. The SMILES string of the molecule is O=C1CCN(CCCOc2ccc(C(=O)O)cc2)CCN1. The van der Waals surface area contributed by atoms with Crippen LogP contribution in [0.1, 0.15) is 23.2 Å². The van der Waals surface area contributed by atoms with Gasteiger partial charge in [0, 0.05) is 32.6 Å². The van der Waals surface area contributed by atoms with Crippen LogP contribution in [0.2, 0.25) is 0 Å². The third-order valence-electron chi connectivity index (χ3n) is 3.39. The Morgan fingerprint density at radius 3 is 2.76 bits per heavy atom. The Balaban J connectivity index is 1.67. The summed E-state index contributed by atoms with van der Waals surface area (Å²) < 4.78 is 5.58. The van der Waals surface area contributed by atoms with Gasteiger partial charge in [0.1, 0.15) is 5.75 Å². The van der Waals surface area contributed by atoms with Crippen molar-refractivity contribution in [2.75, 3.05) is 32.8 Å². The number of nitrogens with one attached hydrogen (secondary N) is 1. The molecule has 1 saturated heterocycles. The molecule has 114 valence electrons. The molecule has 0 atom stereocenters. The molecule has 1 heterocycles. The van der Waals surface area contributed by atoms with Gasteiger partial charge >= 0.3 is 5.97 Å². The summed E-state index contributed by atoms with van der Waals surface area (Å²) in [5.74, 6) is -0.147. The van der Waals surface area contributed by atoms with Gasteiger partial charge in [-0.3, -0.25) is 4.79 Å². The largest absolute Gasteiger partial charge is 0.494 e. The van der Waals surface area contributed by atoms with Crippen LogP contribution in [-0.4, -0.2) is 54.7 Å². The Kier molecular flexibility index (Phi) is 5.57. The van der Waals surface area contributed by atoms with Gasteiger partial charge in [0.25, 0.3) is 0 Å². The third kappa shape index (κ3) is 5.07. The number of carboxylic acid groups (broad SMARTS) is 1. The van der Waals surface area contributed by atoms with E-state index in [2.05, 4.69) is 10.2 Å². The summed E-state index contributed by atoms with van der Waals surface area (Å²) in [5, 5.41) is 11.6. The minimum absolute atomic E-state index is 0.118. The quantitative estimate of drug-likeness (QED) is 0.764. The lowest BCUT2D eigenvalue weighted by Gasteiger charge is -2.18. The van der Waals surface area contributed by atoms with Crippen molar-refractivity contribution in [3.63, 3.8) is 0 Å². The average Bonchev–Trinajstić information content (AvgIpc) is 2.69. The summed E-state index contributed by atoms with van der Waals surface area (Å²) in [5.41, 5.74) is 0.254. The van der Waals surface area contributed by atoms with E-state index < -0.39 is 5.97 Å². The van der Waals surface area contributed by atoms with Crippen LogP contribution >= 0.6 is 0 Å². The molecule has 0 spiro atoms. The van der Waals surface area contributed by atoms with Crippen molar-refractivity contribution in [3.8, 4) is 5.75 Å². The van der Waals surface area contributed by atoms with E-state index in [9.17, 15) is 9.59 Å². The topological polar surface area (TPSA) is 78.9 Å². The monoisotopic (exact) mass is 292 g/mol. The highest BCUT2D eigenvalue weighted by atomic mass is 16.5. The molecule has 21 heavy (non-hydrogen) atoms. The van der Waals surface area contributed by atoms with Gasteiger partial charge in [-0.15, -0.1) is 0 Å². The zero-order valence-corrected chi connectivity index (χ0v) is 11.9. The second-order valence-electron chi connectivity index (χ2n) is 4.97. The van der Waals surface area contributed by atoms with E-state index in [4.69, 9.17) is 9.84 Å². The van der Waals surface area contributed by atoms with E-state index >= 15 is 0 Å². The molecule has 1 aromatic rings. The summed E-state index contributed by atoms with van der Waals surface area (Å²) in [6.45, 7) is 3.83. The van der Waals surface area contributed by atoms with E-state index in [1.54, 1.807) is 12.1 Å². The molecule has 1 aliphatic rings. The summed E-state index contributed by atoms with van der Waals surface area (Å²) in [6.07, 6.45) is 1.42. The van der Waals surface area contributed by atoms with Crippen molar-refractivity contribution in [1.29, 1.82) is 0 Å². The number of carbonyl (C=O) groups is 2. The molecule has 0 radical (unpaired) electrons. The molecule has 6 nitrogen and oxygen atoms in total. The molecule has 2 rings (SSSR count). The van der Waals surface area contributed by atoms with Crippen LogP contribution in [0.25, 0.3) is 0 Å². The Morgan fingerprint density at radius 1 is 1.29 bits per heavy atom. The number of carboxylic acids is 1. The number of amides is 1. The maximum absolute atomic E-state index is 11.2. The predicted molar refractivity (Wildman–Crippen MR) is 77.6 cm³/mol. The summed E-state index contributed by atoms with van der Waals surface area (Å²) >= 11 is 0. The number of nitrogens with zero attached hydrogens (tertiary/aromatic N) is 1. The molecule has 1 aliphatic heterocycles. The van der Waals surface area contributed by atoms with Gasteiger partial charge in [-0.25, -0.2) is 4.79 Å². The fourth-order valence-corrected chi connectivity index (χ4v) is 2.21. The first-order valence-electron chi connectivity index (χ1n) is 7.10. The second kappa shape index (κ2) is 7.64. The molecule has 1 fully saturated rings. The van der Waals surface area contributed by atoms with Crippen molar-refractivity contribution in [3.05, 3.63) is 29.8 Å². The Labute approximate surface area is 123 Å². The highest BCUT2D eigenvalue weighted by molar-refractivity contribution is 5.87. The van der Waals surface area contributed by atoms with E-state index in [0.717, 1.165) is 26.1 Å². The second-order valence-corrected chi connectivity index (χ2v) is 4.97. The van der Waals surface area contributed by atoms with Crippen molar-refractivity contribution in [1.82, 2.24) is 10.2 Å². The van der Waals surface area contributed by atoms with Crippen LogP contribution in [0.3, 0.4) is 0 Å². The first-order valence-corrected chi connectivity index (χ1v) is 7.10. The average molecular weight is 292 g/mol. The number of aromatic carboxylic acids is 1. The molecular weight excluding hydrogens is 272 g/mol. The standard InChI is InChI=1S/C15H20N2O4/c18-14-6-9-17(10-7-16-14)8-1-11-21-13-4-2-12(3-5-13)15(19)20/h2-5H,1,6-11H2,(H,16,18)(H,19,20). The van der Waals surface area contributed by atoms with Gasteiger partial charge in [0.2, 0.25) is 5.91 Å². The number of ether oxygens (including phenoxy) is 1. The van der Waals surface area contributed by atoms with Gasteiger partial charge in [0.05, 0.1) is 12.2 Å². The van der Waals surface area contributed by atoms with Crippen LogP contribution < -0.4 is 10.1 Å². The van der Waals surface area contributed by atoms with Gasteiger partial charge in [0.15, 0.2) is 0 Å². The van der Waals surface area contributed by atoms with E-state index in [-0.39, 0.29) is 11.5 Å². The molecular formula is C15H20N2O4. The van der Waals surface area contributed by atoms with Crippen LogP contribution in [0.4, 0.5) is 0 Å². The zero-order valence-electron chi connectivity index (χ0n) is 11.9. The molecule has 1 aromatic carbocycles. The Morgan fingerprint density at radius 2 is 2.05 bits per heavy atom. The first kappa shape index (κ1) is 15.3. The van der Waals surface area contributed by atoms with Crippen molar-refractivity contribution >= 4 is 11.9 Å². The van der Waals surface area contributed by atoms with Gasteiger partial charge in [-0.1, -0.05) is 0 Å². The number of carbonyl (C=O) groups excluding carboxylic acids is 1. The molecule has 6 heteroatoms. The smallest absolute Gasteiger partial charge is 0.335 e. The maximum Gasteiger partial charge on any atom is 0.335 e. The number of rotatable bonds is 6. The molecule has 0 aliphatic carbocycles. The molecule has 2 N–H and O–H groups in total. The number of benzene rings is 1. The van der Waals surface area contributed by atoms with Crippen LogP contribution in [-0.2, 0) is 4.79 Å². The zero-order chi connectivity index (χ0) is 15.1. The molecule has 0 bridgehead atoms. The minimum atomic E-state index is -0.939. The van der Waals surface area contributed by atoms with E-state index in [1.165, 1.54) is 12.1 Å². The highest BCUT2D eigenvalue weighted by Crippen LogP contribution is 2.12. The lowest BCUT2D eigenvalue weighted by atomic mass is 10.2. The van der Waals surface area contributed by atoms with Crippen molar-refractivity contribution in [2.24, 2.45) is 0 Å². The number of hydrogen-bond acceptors (Lipinski definition) is 4. The normalized spacial score (nSPS) is 16.1. The number of hydrogen-bond donors (Lipinski definition) is 2. The summed E-state index contributed by atoms with van der Waals surface area (Å²) in [4.78, 5) is 24.2. The van der Waals surface area contributed by atoms with Gasteiger partial charge < -0.3 is 20.1 Å². The maximum atomic E-state index is 11.2. The minimum Gasteiger partial charge on any atom is -0.494 e. The van der Waals surface area contributed by atoms with Crippen LogP contribution in [0.15, 0.2) is 24.3 Å². The lowest BCUT2D eigenvalue weighted by molar-refractivity contribution is -0.120. The molecule has 0 saturated carbocycles. The highest BCUT2D eigenvalue weighted by Gasteiger charge is 2.12. The third-order valence-corrected chi connectivity index (χ3v) is 3.39. The molecule has 0 unspecified atom stereocenters. The fraction of sp³-hybridized carbons (Fsp3) is 0.467. The Bertz CT molecular complexity index is 487.